The van der Waals surface area contributed by atoms with Gasteiger partial charge in [-0.2, -0.15) is 0 Å². The van der Waals surface area contributed by atoms with E-state index >= 15 is 0 Å². The highest BCUT2D eigenvalue weighted by molar-refractivity contribution is 5.90. The molecule has 1 aliphatic rings. The van der Waals surface area contributed by atoms with E-state index in [-0.39, 0.29) is 0 Å². The summed E-state index contributed by atoms with van der Waals surface area (Å²) in [6.45, 7) is 2.55. The van der Waals surface area contributed by atoms with Crippen LogP contribution < -0.4 is 10.6 Å². The molecule has 8 heteroatoms. The first-order valence-corrected chi connectivity index (χ1v) is 12.2. The van der Waals surface area contributed by atoms with E-state index in [0.29, 0.717) is 17.9 Å². The molecular weight excluding hydrogens is 470 g/mol. The van der Waals surface area contributed by atoms with Gasteiger partial charge in [-0.3, -0.25) is 10.1 Å². The molecule has 8 nitrogen and oxygen atoms in total. The van der Waals surface area contributed by atoms with Gasteiger partial charge in [-0.15, -0.1) is 0 Å². The van der Waals surface area contributed by atoms with Crippen LogP contribution in [0, 0.1) is 0 Å². The van der Waals surface area contributed by atoms with Gasteiger partial charge in [0.25, 0.3) is 0 Å². The zero-order chi connectivity index (χ0) is 25.8. The summed E-state index contributed by atoms with van der Waals surface area (Å²) in [5.74, 6) is -0.873. The summed E-state index contributed by atoms with van der Waals surface area (Å²) >= 11 is 0. The topological polar surface area (TPSA) is 114 Å². The van der Waals surface area contributed by atoms with Crippen molar-refractivity contribution in [1.82, 2.24) is 5.16 Å². The number of fused-ring (bicyclic) bond motifs is 1. The predicted molar refractivity (Wildman–Crippen MR) is 140 cm³/mol. The standard InChI is InChI=1S/C29H27N3O5/c1-18(19-6-3-2-4-7-19)36-29(35)32-26-17-31-37-27(26)21-11-9-20(10-12-21)22-13-14-23-24(28(33)34)8-5-15-30-25(23)16-22/h2-4,6-7,9-14,16-18,24,30H,5,8,15H2,1H3,(H,32,35)(H,33,34). The third-order valence-electron chi connectivity index (χ3n) is 6.55. The van der Waals surface area contributed by atoms with Crippen molar-refractivity contribution < 1.29 is 24.0 Å². The van der Waals surface area contributed by atoms with Crippen LogP contribution in [0.15, 0.2) is 83.5 Å². The van der Waals surface area contributed by atoms with Gasteiger partial charge in [0, 0.05) is 17.8 Å². The molecule has 2 unspecified atom stereocenters. The van der Waals surface area contributed by atoms with Gasteiger partial charge in [-0.1, -0.05) is 71.9 Å². The van der Waals surface area contributed by atoms with E-state index in [1.165, 1.54) is 6.20 Å². The number of hydrogen-bond acceptors (Lipinski definition) is 6. The maximum absolute atomic E-state index is 12.5. The lowest BCUT2D eigenvalue weighted by Gasteiger charge is -2.15. The third-order valence-corrected chi connectivity index (χ3v) is 6.55. The summed E-state index contributed by atoms with van der Waals surface area (Å²) in [4.78, 5) is 24.2. The number of amides is 1. The molecule has 0 bridgehead atoms. The number of nitrogens with one attached hydrogen (secondary N) is 2. The van der Waals surface area contributed by atoms with Crippen LogP contribution in [-0.4, -0.2) is 28.9 Å². The van der Waals surface area contributed by atoms with E-state index in [4.69, 9.17) is 9.26 Å². The number of nitrogens with zero attached hydrogens (tertiary/aromatic N) is 1. The van der Waals surface area contributed by atoms with Crippen molar-refractivity contribution in [3.8, 4) is 22.5 Å². The first-order valence-electron chi connectivity index (χ1n) is 12.2. The van der Waals surface area contributed by atoms with Crippen LogP contribution in [-0.2, 0) is 9.53 Å². The predicted octanol–water partition coefficient (Wildman–Crippen LogP) is 6.69. The van der Waals surface area contributed by atoms with E-state index in [2.05, 4.69) is 15.8 Å². The fraction of sp³-hybridized carbons (Fsp3) is 0.207. The van der Waals surface area contributed by atoms with Gasteiger partial charge in [-0.25, -0.2) is 4.79 Å². The number of rotatable bonds is 6. The summed E-state index contributed by atoms with van der Waals surface area (Å²) in [7, 11) is 0. The second-order valence-corrected chi connectivity index (χ2v) is 8.99. The molecule has 0 saturated carbocycles. The first-order chi connectivity index (χ1) is 18.0. The quantitative estimate of drug-likeness (QED) is 0.272. The Labute approximate surface area is 214 Å². The lowest BCUT2D eigenvalue weighted by molar-refractivity contribution is -0.138. The normalized spacial score (nSPS) is 15.5. The molecule has 2 heterocycles. The Balaban J connectivity index is 1.31. The van der Waals surface area contributed by atoms with Crippen molar-refractivity contribution in [2.45, 2.75) is 31.8 Å². The minimum absolute atomic E-state index is 0.409. The molecule has 0 saturated heterocycles. The van der Waals surface area contributed by atoms with Gasteiger partial charge < -0.3 is 19.7 Å². The van der Waals surface area contributed by atoms with Crippen molar-refractivity contribution in [1.29, 1.82) is 0 Å². The summed E-state index contributed by atoms with van der Waals surface area (Å²) in [6.07, 6.45) is 1.85. The second-order valence-electron chi connectivity index (χ2n) is 8.99. The van der Waals surface area contributed by atoms with Crippen molar-refractivity contribution in [3.05, 3.63) is 90.1 Å². The molecule has 1 amide bonds. The number of carbonyl (C=O) groups is 2. The van der Waals surface area contributed by atoms with Crippen molar-refractivity contribution in [2.75, 3.05) is 17.2 Å². The number of aromatic nitrogens is 1. The molecule has 0 aliphatic carbocycles. The number of benzene rings is 3. The average molecular weight is 498 g/mol. The van der Waals surface area contributed by atoms with Gasteiger partial charge in [0.15, 0.2) is 5.76 Å². The van der Waals surface area contributed by atoms with Crippen LogP contribution in [0.3, 0.4) is 0 Å². The largest absolute Gasteiger partial charge is 0.481 e. The highest BCUT2D eigenvalue weighted by atomic mass is 16.6. The van der Waals surface area contributed by atoms with Gasteiger partial charge in [0.1, 0.15) is 11.8 Å². The number of hydrogen-bond donors (Lipinski definition) is 3. The first kappa shape index (κ1) is 24.1. The van der Waals surface area contributed by atoms with E-state index in [1.807, 2.05) is 79.7 Å². The maximum atomic E-state index is 12.5. The number of anilines is 2. The van der Waals surface area contributed by atoms with Gasteiger partial charge in [0.05, 0.1) is 12.1 Å². The zero-order valence-corrected chi connectivity index (χ0v) is 20.3. The highest BCUT2D eigenvalue weighted by Gasteiger charge is 2.25. The smallest absolute Gasteiger partial charge is 0.412 e. The minimum Gasteiger partial charge on any atom is -0.481 e. The monoisotopic (exact) mass is 497 g/mol. The Kier molecular flexibility index (Phi) is 6.89. The van der Waals surface area contributed by atoms with E-state index in [1.54, 1.807) is 0 Å². The molecule has 3 N–H and O–H groups in total. The number of carbonyl (C=O) groups excluding carboxylic acids is 1. The van der Waals surface area contributed by atoms with E-state index in [0.717, 1.165) is 46.5 Å². The molecule has 2 atom stereocenters. The summed E-state index contributed by atoms with van der Waals surface area (Å²) in [6, 6.07) is 23.0. The minimum atomic E-state index is -0.795. The van der Waals surface area contributed by atoms with Crippen LogP contribution >= 0.6 is 0 Å². The van der Waals surface area contributed by atoms with Crippen molar-refractivity contribution >= 4 is 23.4 Å². The fourth-order valence-electron chi connectivity index (χ4n) is 4.58. The zero-order valence-electron chi connectivity index (χ0n) is 20.3. The average Bonchev–Trinajstić information content (AvgIpc) is 3.25. The number of ether oxygens (including phenoxy) is 1. The molecule has 0 fully saturated rings. The maximum Gasteiger partial charge on any atom is 0.412 e. The second kappa shape index (κ2) is 10.6. The Hall–Kier alpha value is -4.59. The van der Waals surface area contributed by atoms with E-state index in [9.17, 15) is 14.7 Å². The Bertz CT molecular complexity index is 1400. The molecule has 188 valence electrons. The summed E-state index contributed by atoms with van der Waals surface area (Å²) in [5.41, 5.74) is 5.66. The lowest BCUT2D eigenvalue weighted by Crippen LogP contribution is -2.16. The molecule has 1 aliphatic heterocycles. The number of carboxylic acids is 1. The molecule has 5 rings (SSSR count). The Morgan fingerprint density at radius 1 is 1.05 bits per heavy atom. The SMILES string of the molecule is CC(OC(=O)Nc1cnoc1-c1ccc(-c2ccc3c(c2)NCCCC3C(=O)O)cc1)c1ccccc1. The summed E-state index contributed by atoms with van der Waals surface area (Å²) in [5, 5.41) is 19.5. The summed E-state index contributed by atoms with van der Waals surface area (Å²) < 4.78 is 10.9. The van der Waals surface area contributed by atoms with Gasteiger partial charge >= 0.3 is 12.1 Å². The molecule has 37 heavy (non-hydrogen) atoms. The van der Waals surface area contributed by atoms with Crippen molar-refractivity contribution in [3.63, 3.8) is 0 Å². The van der Waals surface area contributed by atoms with Crippen LogP contribution in [0.1, 0.15) is 42.9 Å². The van der Waals surface area contributed by atoms with Crippen LogP contribution in [0.4, 0.5) is 16.2 Å². The van der Waals surface area contributed by atoms with Crippen molar-refractivity contribution in [2.24, 2.45) is 0 Å². The fourth-order valence-corrected chi connectivity index (χ4v) is 4.58. The van der Waals surface area contributed by atoms with Crippen LogP contribution in [0.5, 0.6) is 0 Å². The van der Waals surface area contributed by atoms with E-state index < -0.39 is 24.1 Å². The Morgan fingerprint density at radius 2 is 1.78 bits per heavy atom. The van der Waals surface area contributed by atoms with Gasteiger partial charge in [0.2, 0.25) is 0 Å². The number of aliphatic carboxylic acids is 1. The molecular formula is C29H27N3O5. The highest BCUT2D eigenvalue weighted by Crippen LogP contribution is 2.36. The molecule has 3 aromatic carbocycles. The van der Waals surface area contributed by atoms with Gasteiger partial charge in [-0.05, 0) is 48.1 Å². The number of carboxylic acid groups (broad SMARTS) is 1. The van der Waals surface area contributed by atoms with Crippen LogP contribution in [0.2, 0.25) is 0 Å². The lowest BCUT2D eigenvalue weighted by atomic mass is 9.92. The third kappa shape index (κ3) is 5.33. The Morgan fingerprint density at radius 3 is 2.54 bits per heavy atom. The molecule has 0 spiro atoms. The molecule has 4 aromatic rings. The molecule has 0 radical (unpaired) electrons. The van der Waals surface area contributed by atoms with Crippen LogP contribution in [0.25, 0.3) is 22.5 Å². The molecule has 1 aromatic heterocycles.